The Kier molecular flexibility index (Phi) is 4.01. The van der Waals surface area contributed by atoms with E-state index in [1.807, 2.05) is 31.2 Å². The van der Waals surface area contributed by atoms with E-state index in [-0.39, 0.29) is 11.7 Å². The first kappa shape index (κ1) is 11.1. The van der Waals surface area contributed by atoms with Crippen molar-refractivity contribution in [2.24, 2.45) is 0 Å². The molecule has 0 aliphatic heterocycles. The predicted octanol–water partition coefficient (Wildman–Crippen LogP) is 1.88. The molecule has 0 spiro atoms. The third-order valence-corrected chi connectivity index (χ3v) is 2.37. The van der Waals surface area contributed by atoms with Gasteiger partial charge in [-0.2, -0.15) is 12.6 Å². The van der Waals surface area contributed by atoms with E-state index in [0.717, 1.165) is 5.56 Å². The minimum atomic E-state index is 0.0499. The molecule has 1 aromatic rings. The molecular weight excluding hydrogens is 194 g/mol. The van der Waals surface area contributed by atoms with Gasteiger partial charge >= 0.3 is 0 Å². The summed E-state index contributed by atoms with van der Waals surface area (Å²) < 4.78 is 0. The third kappa shape index (κ3) is 3.07. The van der Waals surface area contributed by atoms with Gasteiger partial charge in [0, 0.05) is 13.6 Å². The van der Waals surface area contributed by atoms with Crippen molar-refractivity contribution in [2.45, 2.75) is 13.5 Å². The third-order valence-electron chi connectivity index (χ3n) is 2.10. The number of amides is 1. The van der Waals surface area contributed by atoms with E-state index in [4.69, 9.17) is 0 Å². The molecule has 2 nitrogen and oxygen atoms in total. The molecule has 1 rings (SSSR count). The van der Waals surface area contributed by atoms with E-state index in [2.05, 4.69) is 12.6 Å². The Morgan fingerprint density at radius 2 is 1.93 bits per heavy atom. The Balaban J connectivity index is 2.60. The highest BCUT2D eigenvalue weighted by atomic mass is 32.1. The summed E-state index contributed by atoms with van der Waals surface area (Å²) in [5.74, 6) is 0.316. The summed E-state index contributed by atoms with van der Waals surface area (Å²) >= 11 is 3.95. The van der Waals surface area contributed by atoms with Crippen LogP contribution in [0.2, 0.25) is 0 Å². The smallest absolute Gasteiger partial charge is 0.232 e. The Morgan fingerprint density at radius 3 is 2.43 bits per heavy atom. The van der Waals surface area contributed by atoms with Crippen molar-refractivity contribution >= 4 is 18.5 Å². The molecule has 76 valence electrons. The predicted molar refractivity (Wildman–Crippen MR) is 61.5 cm³/mol. The largest absolute Gasteiger partial charge is 0.341 e. The van der Waals surface area contributed by atoms with Gasteiger partial charge < -0.3 is 4.90 Å². The van der Waals surface area contributed by atoms with Crippen LogP contribution in [0.1, 0.15) is 11.1 Å². The minimum absolute atomic E-state index is 0.0499. The number of hydrogen-bond donors (Lipinski definition) is 1. The van der Waals surface area contributed by atoms with Gasteiger partial charge in [-0.1, -0.05) is 29.8 Å². The molecule has 14 heavy (non-hydrogen) atoms. The molecule has 0 heterocycles. The van der Waals surface area contributed by atoms with Crippen LogP contribution in [-0.4, -0.2) is 23.6 Å². The second kappa shape index (κ2) is 5.05. The molecule has 0 bridgehead atoms. The van der Waals surface area contributed by atoms with E-state index in [9.17, 15) is 4.79 Å². The topological polar surface area (TPSA) is 20.3 Å². The van der Waals surface area contributed by atoms with Crippen LogP contribution in [0.15, 0.2) is 24.3 Å². The Hall–Kier alpha value is -0.960. The number of carbonyl (C=O) groups is 1. The standard InChI is InChI=1S/C11H15NOS/c1-9-3-5-10(6-4-9)7-12(2)11(13)8-14/h3-6,14H,7-8H2,1-2H3. The number of hydrogen-bond acceptors (Lipinski definition) is 2. The van der Waals surface area contributed by atoms with Crippen molar-refractivity contribution in [1.29, 1.82) is 0 Å². The van der Waals surface area contributed by atoms with Gasteiger partial charge in [-0.3, -0.25) is 4.79 Å². The maximum absolute atomic E-state index is 11.2. The van der Waals surface area contributed by atoms with Gasteiger partial charge in [0.25, 0.3) is 0 Å². The van der Waals surface area contributed by atoms with Crippen molar-refractivity contribution in [3.63, 3.8) is 0 Å². The highest BCUT2D eigenvalue weighted by Gasteiger charge is 2.05. The molecule has 0 fully saturated rings. The normalized spacial score (nSPS) is 9.93. The SMILES string of the molecule is Cc1ccc(CN(C)C(=O)CS)cc1. The fourth-order valence-electron chi connectivity index (χ4n) is 1.18. The van der Waals surface area contributed by atoms with Crippen LogP contribution < -0.4 is 0 Å². The van der Waals surface area contributed by atoms with Crippen LogP contribution in [0, 0.1) is 6.92 Å². The van der Waals surface area contributed by atoms with Crippen LogP contribution >= 0.6 is 12.6 Å². The summed E-state index contributed by atoms with van der Waals surface area (Å²) in [6.07, 6.45) is 0. The molecule has 0 aliphatic rings. The van der Waals surface area contributed by atoms with E-state index < -0.39 is 0 Å². The lowest BCUT2D eigenvalue weighted by atomic mass is 10.1. The van der Waals surface area contributed by atoms with Crippen LogP contribution in [0.5, 0.6) is 0 Å². The highest BCUT2D eigenvalue weighted by molar-refractivity contribution is 7.81. The van der Waals surface area contributed by atoms with Gasteiger partial charge in [0.1, 0.15) is 0 Å². The summed E-state index contributed by atoms with van der Waals surface area (Å²) in [6.45, 7) is 2.70. The lowest BCUT2D eigenvalue weighted by Gasteiger charge is -2.15. The second-order valence-corrected chi connectivity index (χ2v) is 3.71. The molecule has 0 N–H and O–H groups in total. The van der Waals surface area contributed by atoms with Crippen LogP contribution in [-0.2, 0) is 11.3 Å². The van der Waals surface area contributed by atoms with Gasteiger partial charge in [0.2, 0.25) is 5.91 Å². The first-order valence-corrected chi connectivity index (χ1v) is 5.17. The van der Waals surface area contributed by atoms with Crippen molar-refractivity contribution in [3.05, 3.63) is 35.4 Å². The molecule has 0 aliphatic carbocycles. The van der Waals surface area contributed by atoms with Crippen molar-refractivity contribution < 1.29 is 4.79 Å². The summed E-state index contributed by atoms with van der Waals surface area (Å²) in [5, 5.41) is 0. The van der Waals surface area contributed by atoms with Crippen LogP contribution in [0.25, 0.3) is 0 Å². The summed E-state index contributed by atoms with van der Waals surface area (Å²) in [7, 11) is 1.79. The van der Waals surface area contributed by atoms with Crippen LogP contribution in [0.4, 0.5) is 0 Å². The molecule has 0 saturated heterocycles. The quantitative estimate of drug-likeness (QED) is 0.754. The van der Waals surface area contributed by atoms with Crippen molar-refractivity contribution in [1.82, 2.24) is 4.90 Å². The summed E-state index contributed by atoms with van der Waals surface area (Å²) in [5.41, 5.74) is 2.38. The van der Waals surface area contributed by atoms with Gasteiger partial charge in [-0.05, 0) is 12.5 Å². The Morgan fingerprint density at radius 1 is 1.36 bits per heavy atom. The lowest BCUT2D eigenvalue weighted by molar-refractivity contribution is -0.127. The fraction of sp³-hybridized carbons (Fsp3) is 0.364. The molecule has 0 radical (unpaired) electrons. The Bertz CT molecular complexity index is 308. The molecule has 1 aromatic carbocycles. The monoisotopic (exact) mass is 209 g/mol. The number of benzene rings is 1. The maximum atomic E-state index is 11.2. The number of rotatable bonds is 3. The van der Waals surface area contributed by atoms with Gasteiger partial charge in [-0.25, -0.2) is 0 Å². The van der Waals surface area contributed by atoms with Gasteiger partial charge in [0.15, 0.2) is 0 Å². The average Bonchev–Trinajstić information content (AvgIpc) is 2.20. The maximum Gasteiger partial charge on any atom is 0.232 e. The molecule has 3 heteroatoms. The van der Waals surface area contributed by atoms with E-state index in [1.165, 1.54) is 5.56 Å². The zero-order valence-corrected chi connectivity index (χ0v) is 9.42. The Labute approximate surface area is 90.3 Å². The van der Waals surface area contributed by atoms with Gasteiger partial charge in [0.05, 0.1) is 5.75 Å². The average molecular weight is 209 g/mol. The number of carbonyl (C=O) groups excluding carboxylic acids is 1. The molecule has 1 amide bonds. The summed E-state index contributed by atoms with van der Waals surface area (Å²) in [4.78, 5) is 12.9. The fourth-order valence-corrected chi connectivity index (χ4v) is 1.42. The first-order chi connectivity index (χ1) is 6.63. The number of thiol groups is 1. The molecule has 0 atom stereocenters. The van der Waals surface area contributed by atoms with E-state index in [1.54, 1.807) is 11.9 Å². The van der Waals surface area contributed by atoms with E-state index >= 15 is 0 Å². The number of nitrogens with zero attached hydrogens (tertiary/aromatic N) is 1. The number of aryl methyl sites for hydroxylation is 1. The zero-order chi connectivity index (χ0) is 10.6. The van der Waals surface area contributed by atoms with Crippen molar-refractivity contribution in [3.8, 4) is 0 Å². The van der Waals surface area contributed by atoms with Crippen molar-refractivity contribution in [2.75, 3.05) is 12.8 Å². The lowest BCUT2D eigenvalue weighted by Crippen LogP contribution is -2.27. The first-order valence-electron chi connectivity index (χ1n) is 4.54. The molecular formula is C11H15NOS. The summed E-state index contributed by atoms with van der Waals surface area (Å²) in [6, 6.07) is 8.18. The highest BCUT2D eigenvalue weighted by Crippen LogP contribution is 2.06. The second-order valence-electron chi connectivity index (χ2n) is 3.39. The van der Waals surface area contributed by atoms with E-state index in [0.29, 0.717) is 6.54 Å². The molecule has 0 saturated carbocycles. The van der Waals surface area contributed by atoms with Gasteiger partial charge in [-0.15, -0.1) is 0 Å². The van der Waals surface area contributed by atoms with Crippen LogP contribution in [0.3, 0.4) is 0 Å². The minimum Gasteiger partial charge on any atom is -0.341 e. The zero-order valence-electron chi connectivity index (χ0n) is 8.53. The molecule has 0 aromatic heterocycles. The molecule has 0 unspecified atom stereocenters.